The lowest BCUT2D eigenvalue weighted by atomic mass is 10.1. The van der Waals surface area contributed by atoms with Crippen LogP contribution >= 0.6 is 0 Å². The van der Waals surface area contributed by atoms with Gasteiger partial charge in [0.1, 0.15) is 0 Å². The van der Waals surface area contributed by atoms with Crippen molar-refractivity contribution in [1.82, 2.24) is 4.90 Å². The van der Waals surface area contributed by atoms with Gasteiger partial charge in [-0.2, -0.15) is 0 Å². The number of rotatable bonds is 5. The molecule has 0 aromatic carbocycles. The highest BCUT2D eigenvalue weighted by Crippen LogP contribution is 2.15. The third-order valence-electron chi connectivity index (χ3n) is 2.76. The van der Waals surface area contributed by atoms with Crippen LogP contribution in [0, 0.1) is 11.8 Å². The first kappa shape index (κ1) is 12.2. The van der Waals surface area contributed by atoms with E-state index in [1.807, 2.05) is 0 Å². The van der Waals surface area contributed by atoms with Crippen LogP contribution in [0.5, 0.6) is 0 Å². The Labute approximate surface area is 91.8 Å². The van der Waals surface area contributed by atoms with Gasteiger partial charge in [0.2, 0.25) is 0 Å². The van der Waals surface area contributed by atoms with Crippen molar-refractivity contribution in [2.45, 2.75) is 26.7 Å². The van der Waals surface area contributed by atoms with Gasteiger partial charge in [-0.15, -0.1) is 0 Å². The maximum absolute atomic E-state index is 10.7. The first-order valence-corrected chi connectivity index (χ1v) is 5.69. The van der Waals surface area contributed by atoms with Crippen molar-refractivity contribution in [2.24, 2.45) is 11.8 Å². The molecule has 0 amide bonds. The van der Waals surface area contributed by atoms with Gasteiger partial charge in [-0.3, -0.25) is 9.69 Å². The quantitative estimate of drug-likeness (QED) is 0.707. The summed E-state index contributed by atoms with van der Waals surface area (Å²) >= 11 is 0. The molecule has 1 saturated heterocycles. The Kier molecular flexibility index (Phi) is 4.82. The van der Waals surface area contributed by atoms with Crippen molar-refractivity contribution in [2.75, 3.05) is 19.6 Å². The number of allylic oxidation sites excluding steroid dienone is 1. The molecule has 3 heteroatoms. The number of aliphatic carboxylic acids is 1. The Morgan fingerprint density at radius 2 is 2.27 bits per heavy atom. The summed E-state index contributed by atoms with van der Waals surface area (Å²) in [5.41, 5.74) is 0. The fraction of sp³-hybridized carbons (Fsp3) is 0.750. The Morgan fingerprint density at radius 1 is 1.53 bits per heavy atom. The van der Waals surface area contributed by atoms with Crippen molar-refractivity contribution < 1.29 is 9.90 Å². The summed E-state index contributed by atoms with van der Waals surface area (Å²) in [6.45, 7) is 6.92. The molecule has 0 aromatic rings. The van der Waals surface area contributed by atoms with Gasteiger partial charge in [-0.25, -0.2) is 0 Å². The number of hydrogen-bond acceptors (Lipinski definition) is 2. The molecule has 15 heavy (non-hydrogen) atoms. The highest BCUT2D eigenvalue weighted by atomic mass is 16.4. The molecule has 3 nitrogen and oxygen atoms in total. The van der Waals surface area contributed by atoms with Crippen LogP contribution in [0.3, 0.4) is 0 Å². The first-order valence-electron chi connectivity index (χ1n) is 5.69. The Bertz CT molecular complexity index is 236. The smallest absolute Gasteiger partial charge is 0.307 e. The summed E-state index contributed by atoms with van der Waals surface area (Å²) < 4.78 is 0. The lowest BCUT2D eigenvalue weighted by Crippen LogP contribution is -2.23. The second kappa shape index (κ2) is 5.91. The summed E-state index contributed by atoms with van der Waals surface area (Å²) in [6, 6.07) is 0. The molecule has 0 radical (unpaired) electrons. The summed E-state index contributed by atoms with van der Waals surface area (Å²) in [5.74, 6) is -0.0984. The van der Waals surface area contributed by atoms with Crippen LogP contribution < -0.4 is 0 Å². The van der Waals surface area contributed by atoms with Crippen molar-refractivity contribution in [3.05, 3.63) is 12.2 Å². The zero-order chi connectivity index (χ0) is 11.3. The zero-order valence-electron chi connectivity index (χ0n) is 9.65. The molecule has 1 N–H and O–H groups in total. The number of carboxylic acid groups (broad SMARTS) is 1. The van der Waals surface area contributed by atoms with Crippen LogP contribution in [0.25, 0.3) is 0 Å². The van der Waals surface area contributed by atoms with Gasteiger partial charge in [0, 0.05) is 13.1 Å². The predicted octanol–water partition coefficient (Wildman–Crippen LogP) is 2.00. The second-order valence-corrected chi connectivity index (χ2v) is 4.68. The summed E-state index contributed by atoms with van der Waals surface area (Å²) in [4.78, 5) is 12.9. The molecule has 0 saturated carbocycles. The second-order valence-electron chi connectivity index (χ2n) is 4.68. The topological polar surface area (TPSA) is 40.5 Å². The summed E-state index contributed by atoms with van der Waals surface area (Å²) in [7, 11) is 0. The van der Waals surface area contributed by atoms with E-state index < -0.39 is 5.97 Å². The van der Waals surface area contributed by atoms with E-state index >= 15 is 0 Å². The van der Waals surface area contributed by atoms with E-state index in [4.69, 9.17) is 5.11 Å². The van der Waals surface area contributed by atoms with Gasteiger partial charge in [0.05, 0.1) is 5.92 Å². The fourth-order valence-corrected chi connectivity index (χ4v) is 1.79. The van der Waals surface area contributed by atoms with E-state index in [-0.39, 0.29) is 5.92 Å². The Balaban J connectivity index is 2.19. The van der Waals surface area contributed by atoms with E-state index in [1.54, 1.807) is 0 Å². The van der Waals surface area contributed by atoms with Crippen LogP contribution in [-0.4, -0.2) is 35.6 Å². The van der Waals surface area contributed by atoms with E-state index in [2.05, 4.69) is 30.9 Å². The van der Waals surface area contributed by atoms with E-state index in [0.29, 0.717) is 12.5 Å². The predicted molar refractivity (Wildman–Crippen MR) is 60.8 cm³/mol. The van der Waals surface area contributed by atoms with Crippen molar-refractivity contribution in [3.8, 4) is 0 Å². The fourth-order valence-electron chi connectivity index (χ4n) is 1.79. The first-order chi connectivity index (χ1) is 7.09. The number of hydrogen-bond donors (Lipinski definition) is 1. The molecule has 0 aromatic heterocycles. The SMILES string of the molecule is CC(C)CC=CCN1CCC(C(=O)O)C1. The minimum atomic E-state index is -0.649. The third kappa shape index (κ3) is 4.47. The van der Waals surface area contributed by atoms with Crippen molar-refractivity contribution >= 4 is 5.97 Å². The van der Waals surface area contributed by atoms with Crippen LogP contribution in [-0.2, 0) is 4.79 Å². The van der Waals surface area contributed by atoms with Crippen LogP contribution in [0.1, 0.15) is 26.7 Å². The standard InChI is InChI=1S/C12H21NO2/c1-10(2)5-3-4-7-13-8-6-11(9-13)12(14)15/h3-4,10-11H,5-9H2,1-2H3,(H,14,15). The van der Waals surface area contributed by atoms with Crippen molar-refractivity contribution in [3.63, 3.8) is 0 Å². The Hall–Kier alpha value is -0.830. The van der Waals surface area contributed by atoms with Gasteiger partial charge >= 0.3 is 5.97 Å². The van der Waals surface area contributed by atoms with Crippen molar-refractivity contribution in [1.29, 1.82) is 0 Å². The van der Waals surface area contributed by atoms with E-state index in [9.17, 15) is 4.79 Å². The van der Waals surface area contributed by atoms with Gasteiger partial charge in [0.25, 0.3) is 0 Å². The minimum Gasteiger partial charge on any atom is -0.481 e. The zero-order valence-corrected chi connectivity index (χ0v) is 9.65. The van der Waals surface area contributed by atoms with Crippen LogP contribution in [0.4, 0.5) is 0 Å². The molecule has 1 rings (SSSR count). The molecule has 0 bridgehead atoms. The number of carbonyl (C=O) groups is 1. The third-order valence-corrected chi connectivity index (χ3v) is 2.76. The van der Waals surface area contributed by atoms with E-state index in [0.717, 1.165) is 25.9 Å². The molecule has 1 unspecified atom stereocenters. The molecule has 1 fully saturated rings. The highest BCUT2D eigenvalue weighted by Gasteiger charge is 2.26. The maximum atomic E-state index is 10.7. The average molecular weight is 211 g/mol. The normalized spacial score (nSPS) is 23.0. The molecular formula is C12H21NO2. The minimum absolute atomic E-state index is 0.150. The van der Waals surface area contributed by atoms with Crippen LogP contribution in [0.15, 0.2) is 12.2 Å². The molecule has 1 aliphatic rings. The highest BCUT2D eigenvalue weighted by molar-refractivity contribution is 5.70. The Morgan fingerprint density at radius 3 is 2.80 bits per heavy atom. The van der Waals surface area contributed by atoms with Gasteiger partial charge in [0.15, 0.2) is 0 Å². The van der Waals surface area contributed by atoms with Gasteiger partial charge in [-0.1, -0.05) is 26.0 Å². The molecule has 86 valence electrons. The molecule has 1 heterocycles. The van der Waals surface area contributed by atoms with Crippen LogP contribution in [0.2, 0.25) is 0 Å². The monoisotopic (exact) mass is 211 g/mol. The van der Waals surface area contributed by atoms with Gasteiger partial charge < -0.3 is 5.11 Å². The number of carboxylic acids is 1. The lowest BCUT2D eigenvalue weighted by molar-refractivity contribution is -0.141. The maximum Gasteiger partial charge on any atom is 0.307 e. The summed E-state index contributed by atoms with van der Waals surface area (Å²) in [5, 5.41) is 8.83. The average Bonchev–Trinajstić information content (AvgIpc) is 2.60. The lowest BCUT2D eigenvalue weighted by Gasteiger charge is -2.11. The molecular weight excluding hydrogens is 190 g/mol. The molecule has 0 aliphatic carbocycles. The summed E-state index contributed by atoms with van der Waals surface area (Å²) in [6.07, 6.45) is 6.26. The number of nitrogens with zero attached hydrogens (tertiary/aromatic N) is 1. The molecule has 0 spiro atoms. The van der Waals surface area contributed by atoms with Gasteiger partial charge in [-0.05, 0) is 25.3 Å². The molecule has 1 aliphatic heterocycles. The molecule has 1 atom stereocenters. The largest absolute Gasteiger partial charge is 0.481 e. The van der Waals surface area contributed by atoms with E-state index in [1.165, 1.54) is 0 Å². The number of likely N-dealkylation sites (tertiary alicyclic amines) is 1.